The van der Waals surface area contributed by atoms with Crippen LogP contribution in [0.3, 0.4) is 0 Å². The van der Waals surface area contributed by atoms with Crippen molar-refractivity contribution in [1.82, 2.24) is 31.2 Å². The Morgan fingerprint density at radius 3 is 2.20 bits per heavy atom. The number of benzene rings is 2. The minimum atomic E-state index is 0.105. The maximum absolute atomic E-state index is 11.6. The van der Waals surface area contributed by atoms with Crippen LogP contribution in [0, 0.1) is 0 Å². The van der Waals surface area contributed by atoms with Crippen molar-refractivity contribution in [2.75, 3.05) is 20.2 Å². The molecule has 2 aromatic heterocycles. The van der Waals surface area contributed by atoms with E-state index in [2.05, 4.69) is 27.3 Å². The fourth-order valence-corrected chi connectivity index (χ4v) is 7.83. The normalized spacial score (nSPS) is 20.2. The van der Waals surface area contributed by atoms with E-state index in [9.17, 15) is 9.59 Å². The summed E-state index contributed by atoms with van der Waals surface area (Å²) in [6, 6.07) is 18.5. The van der Waals surface area contributed by atoms with Crippen molar-refractivity contribution in [3.05, 3.63) is 87.7 Å². The Balaban J connectivity index is 1.10. The molecule has 2 amide bonds. The highest BCUT2D eigenvalue weighted by Crippen LogP contribution is 2.43. The Kier molecular flexibility index (Phi) is 10.1. The summed E-state index contributed by atoms with van der Waals surface area (Å²) in [5, 5.41) is 14.2. The molecule has 4 N–H and O–H groups in total. The van der Waals surface area contributed by atoms with Crippen LogP contribution in [-0.2, 0) is 22.6 Å². The molecule has 11 heteroatoms. The smallest absolute Gasteiger partial charge is 0.220 e. The van der Waals surface area contributed by atoms with Gasteiger partial charge in [0.15, 0.2) is 0 Å². The van der Waals surface area contributed by atoms with Crippen molar-refractivity contribution in [1.29, 1.82) is 0 Å². The first-order valence-electron chi connectivity index (χ1n) is 17.0. The van der Waals surface area contributed by atoms with Crippen molar-refractivity contribution in [3.63, 3.8) is 0 Å². The number of rotatable bonds is 11. The third kappa shape index (κ3) is 7.31. The van der Waals surface area contributed by atoms with E-state index in [1.54, 1.807) is 7.11 Å². The lowest BCUT2D eigenvalue weighted by Gasteiger charge is -2.27. The van der Waals surface area contributed by atoms with Gasteiger partial charge in [-0.05, 0) is 49.8 Å². The average Bonchev–Trinajstić information content (AvgIpc) is 3.74. The number of fused-ring (bicyclic) bond motifs is 1. The number of nitrogens with zero attached hydrogens (tertiary/aromatic N) is 2. The predicted molar refractivity (Wildman–Crippen MR) is 193 cm³/mol. The number of nitrogens with one attached hydrogen (secondary N) is 4. The zero-order valence-electron chi connectivity index (χ0n) is 27.5. The lowest BCUT2D eigenvalue weighted by Crippen LogP contribution is -2.38. The number of amides is 2. The summed E-state index contributed by atoms with van der Waals surface area (Å²) >= 11 is 14.3. The van der Waals surface area contributed by atoms with Crippen LogP contribution >= 0.6 is 23.2 Å². The van der Waals surface area contributed by atoms with Crippen molar-refractivity contribution >= 4 is 35.0 Å². The van der Waals surface area contributed by atoms with E-state index in [1.807, 2.05) is 54.7 Å². The molecule has 7 rings (SSSR count). The maximum Gasteiger partial charge on any atom is 0.220 e. The molecule has 2 aromatic carbocycles. The van der Waals surface area contributed by atoms with Gasteiger partial charge in [0.1, 0.15) is 0 Å². The van der Waals surface area contributed by atoms with Crippen molar-refractivity contribution in [2.24, 2.45) is 0 Å². The Labute approximate surface area is 296 Å². The SMILES string of the molecule is COc1nc(-c2cccc(-c3cccc(-c4cnc5c(c4)CCC[C@H]5NC[C@@H]4CCC(=O)N4)c3Cl)c2Cl)ccc1CNC[C@@H]1CCC(=O)N1. The van der Waals surface area contributed by atoms with Crippen LogP contribution in [0.25, 0.3) is 33.5 Å². The standard InChI is InChI=1S/C38H40Cl2N6O3/c1-49-38-23(18-41-20-25-12-15-33(47)44-25)11-14-31(46-38)30-9-4-8-29(36(30)40)28-7-3-6-27(35(28)39)24-17-22-5-2-10-32(37(22)43-19-24)42-21-26-13-16-34(48)45-26/h3-4,6-9,11,14,17,19,25-26,32,41-42H,2,5,10,12-13,15-16,18,20-21H2,1H3,(H,44,47)(H,45,48)/t25-,26-,32+/m0/s1. The first kappa shape index (κ1) is 33.5. The number of carbonyl (C=O) groups is 2. The van der Waals surface area contributed by atoms with Gasteiger partial charge in [0.05, 0.1) is 28.5 Å². The number of aryl methyl sites for hydroxylation is 1. The summed E-state index contributed by atoms with van der Waals surface area (Å²) in [5.41, 5.74) is 8.19. The fraction of sp³-hybridized carbons (Fsp3) is 0.368. The van der Waals surface area contributed by atoms with Gasteiger partial charge in [0, 0.05) is 90.2 Å². The van der Waals surface area contributed by atoms with E-state index in [1.165, 1.54) is 5.56 Å². The Morgan fingerprint density at radius 2 is 1.51 bits per heavy atom. The number of methoxy groups -OCH3 is 1. The first-order chi connectivity index (χ1) is 23.9. The van der Waals surface area contributed by atoms with Gasteiger partial charge in [-0.3, -0.25) is 14.6 Å². The molecule has 2 aliphatic heterocycles. The Hall–Kier alpha value is -4.02. The molecular weight excluding hydrogens is 659 g/mol. The number of hydrogen-bond donors (Lipinski definition) is 4. The summed E-state index contributed by atoms with van der Waals surface area (Å²) in [6.45, 7) is 2.00. The highest BCUT2D eigenvalue weighted by molar-refractivity contribution is 6.39. The predicted octanol–water partition coefficient (Wildman–Crippen LogP) is 6.41. The molecule has 4 aromatic rings. The second kappa shape index (κ2) is 14.8. The van der Waals surface area contributed by atoms with Gasteiger partial charge >= 0.3 is 0 Å². The van der Waals surface area contributed by atoms with Crippen LogP contribution < -0.4 is 26.0 Å². The molecule has 9 nitrogen and oxygen atoms in total. The Bertz CT molecular complexity index is 1880. The molecule has 2 saturated heterocycles. The fourth-order valence-electron chi connectivity index (χ4n) is 7.17. The molecule has 1 aliphatic carbocycles. The molecule has 0 spiro atoms. The van der Waals surface area contributed by atoms with E-state index in [-0.39, 0.29) is 29.9 Å². The third-order valence-electron chi connectivity index (χ3n) is 9.76. The molecule has 254 valence electrons. The van der Waals surface area contributed by atoms with Crippen LogP contribution in [0.1, 0.15) is 61.4 Å². The van der Waals surface area contributed by atoms with E-state index >= 15 is 0 Å². The van der Waals surface area contributed by atoms with Crippen LogP contribution in [0.15, 0.2) is 60.8 Å². The summed E-state index contributed by atoms with van der Waals surface area (Å²) in [7, 11) is 1.61. The first-order valence-corrected chi connectivity index (χ1v) is 17.8. The van der Waals surface area contributed by atoms with Crippen LogP contribution in [0.5, 0.6) is 5.88 Å². The van der Waals surface area contributed by atoms with Crippen LogP contribution in [0.4, 0.5) is 0 Å². The van der Waals surface area contributed by atoms with E-state index < -0.39 is 0 Å². The number of ether oxygens (including phenoxy) is 1. The number of aromatic nitrogens is 2. The lowest BCUT2D eigenvalue weighted by atomic mass is 9.89. The third-order valence-corrected chi connectivity index (χ3v) is 10.6. The molecule has 4 heterocycles. The van der Waals surface area contributed by atoms with E-state index in [4.69, 9.17) is 37.9 Å². The topological polar surface area (TPSA) is 117 Å². The summed E-state index contributed by atoms with van der Waals surface area (Å²) in [5.74, 6) is 0.757. The second-order valence-electron chi connectivity index (χ2n) is 13.1. The van der Waals surface area contributed by atoms with Crippen LogP contribution in [0.2, 0.25) is 10.0 Å². The number of halogens is 2. The number of carbonyl (C=O) groups excluding carboxylic acids is 2. The maximum atomic E-state index is 11.6. The van der Waals surface area contributed by atoms with Gasteiger partial charge < -0.3 is 26.0 Å². The van der Waals surface area contributed by atoms with Crippen LogP contribution in [-0.4, -0.2) is 54.1 Å². The average molecular weight is 700 g/mol. The summed E-state index contributed by atoms with van der Waals surface area (Å²) in [6.07, 6.45) is 7.86. The number of pyridine rings is 2. The van der Waals surface area contributed by atoms with Gasteiger partial charge in [-0.1, -0.05) is 65.7 Å². The summed E-state index contributed by atoms with van der Waals surface area (Å²) in [4.78, 5) is 32.9. The second-order valence-corrected chi connectivity index (χ2v) is 13.8. The highest BCUT2D eigenvalue weighted by atomic mass is 35.5. The lowest BCUT2D eigenvalue weighted by molar-refractivity contribution is -0.120. The van der Waals surface area contributed by atoms with Crippen molar-refractivity contribution in [2.45, 2.75) is 69.6 Å². The van der Waals surface area contributed by atoms with Crippen molar-refractivity contribution in [3.8, 4) is 39.4 Å². The minimum absolute atomic E-state index is 0.105. The molecule has 3 aliphatic rings. The molecule has 2 fully saturated rings. The van der Waals surface area contributed by atoms with Gasteiger partial charge in [-0.25, -0.2) is 4.98 Å². The molecule has 0 unspecified atom stereocenters. The zero-order chi connectivity index (χ0) is 33.9. The Morgan fingerprint density at radius 1 is 0.837 bits per heavy atom. The summed E-state index contributed by atoms with van der Waals surface area (Å²) < 4.78 is 5.66. The molecule has 0 bridgehead atoms. The van der Waals surface area contributed by atoms with Crippen molar-refractivity contribution < 1.29 is 14.3 Å². The molecular formula is C38H40Cl2N6O3. The van der Waals surface area contributed by atoms with E-state index in [0.29, 0.717) is 47.6 Å². The van der Waals surface area contributed by atoms with Gasteiger partial charge in [-0.15, -0.1) is 0 Å². The van der Waals surface area contributed by atoms with Gasteiger partial charge in [-0.2, -0.15) is 0 Å². The van der Waals surface area contributed by atoms with Gasteiger partial charge in [0.25, 0.3) is 0 Å². The molecule has 0 saturated carbocycles. The van der Waals surface area contributed by atoms with Gasteiger partial charge in [0.2, 0.25) is 17.7 Å². The molecule has 0 radical (unpaired) electrons. The highest BCUT2D eigenvalue weighted by Gasteiger charge is 2.26. The molecule has 49 heavy (non-hydrogen) atoms. The number of hydrogen-bond acceptors (Lipinski definition) is 7. The quantitative estimate of drug-likeness (QED) is 0.143. The minimum Gasteiger partial charge on any atom is -0.481 e. The van der Waals surface area contributed by atoms with E-state index in [0.717, 1.165) is 77.7 Å². The zero-order valence-corrected chi connectivity index (χ0v) is 29.0. The largest absolute Gasteiger partial charge is 0.481 e. The molecule has 3 atom stereocenters. The monoisotopic (exact) mass is 698 g/mol.